The van der Waals surface area contributed by atoms with E-state index >= 15 is 0 Å². The summed E-state index contributed by atoms with van der Waals surface area (Å²) < 4.78 is 5.60. The number of hydrogen-bond acceptors (Lipinski definition) is 2. The van der Waals surface area contributed by atoms with E-state index in [1.807, 2.05) is 36.4 Å². The Balaban J connectivity index is 1.97. The van der Waals surface area contributed by atoms with E-state index in [-0.39, 0.29) is 0 Å². The number of carbonyl (C=O) groups is 1. The topological polar surface area (TPSA) is 26.3 Å². The van der Waals surface area contributed by atoms with Crippen molar-refractivity contribution >= 4 is 16.8 Å². The van der Waals surface area contributed by atoms with E-state index in [1.165, 1.54) is 5.56 Å². The Kier molecular flexibility index (Phi) is 4.37. The molecule has 0 aliphatic rings. The van der Waals surface area contributed by atoms with Crippen LogP contribution in [0.4, 0.5) is 0 Å². The minimum absolute atomic E-state index is 0.409. The van der Waals surface area contributed by atoms with Gasteiger partial charge in [0.05, 0.1) is 12.2 Å². The van der Waals surface area contributed by atoms with Crippen LogP contribution in [0.2, 0.25) is 0 Å². The van der Waals surface area contributed by atoms with Crippen molar-refractivity contribution in [1.29, 1.82) is 0 Å². The molecule has 0 saturated carbocycles. The molecular formula is C15H13ClO2. The average Bonchev–Trinajstić information content (AvgIpc) is 2.40. The molecule has 0 amide bonds. The third-order valence-corrected chi connectivity index (χ3v) is 2.79. The van der Waals surface area contributed by atoms with Gasteiger partial charge in [0.1, 0.15) is 5.75 Å². The number of halogens is 1. The predicted octanol–water partition coefficient (Wildman–Crippen LogP) is 3.69. The number of para-hydroxylation sites is 1. The summed E-state index contributed by atoms with van der Waals surface area (Å²) in [5.41, 5.74) is 1.61. The molecule has 0 fully saturated rings. The van der Waals surface area contributed by atoms with Gasteiger partial charge in [-0.2, -0.15) is 0 Å². The number of carbonyl (C=O) groups excluding carboxylic acids is 1. The maximum Gasteiger partial charge on any atom is 0.256 e. The minimum Gasteiger partial charge on any atom is -0.492 e. The van der Waals surface area contributed by atoms with E-state index in [2.05, 4.69) is 0 Å². The Morgan fingerprint density at radius 2 is 1.67 bits per heavy atom. The summed E-state index contributed by atoms with van der Waals surface area (Å²) in [7, 11) is 0. The molecule has 0 atom stereocenters. The fourth-order valence-corrected chi connectivity index (χ4v) is 1.83. The lowest BCUT2D eigenvalue weighted by molar-refractivity contribution is 0.107. The number of ether oxygens (including phenoxy) is 1. The first-order chi connectivity index (χ1) is 8.77. The monoisotopic (exact) mass is 260 g/mol. The Morgan fingerprint density at radius 3 is 2.39 bits per heavy atom. The quantitative estimate of drug-likeness (QED) is 0.767. The molecule has 0 unspecified atom stereocenters. The second-order valence-corrected chi connectivity index (χ2v) is 4.20. The van der Waals surface area contributed by atoms with Crippen LogP contribution in [0.3, 0.4) is 0 Å². The SMILES string of the molecule is O=C(Cl)c1ccccc1OCCc1ccccc1. The maximum absolute atomic E-state index is 11.2. The first-order valence-corrected chi connectivity index (χ1v) is 6.11. The number of benzene rings is 2. The second kappa shape index (κ2) is 6.22. The number of rotatable bonds is 5. The highest BCUT2D eigenvalue weighted by Crippen LogP contribution is 2.20. The van der Waals surface area contributed by atoms with Gasteiger partial charge in [-0.15, -0.1) is 0 Å². The van der Waals surface area contributed by atoms with E-state index < -0.39 is 5.24 Å². The largest absolute Gasteiger partial charge is 0.492 e. The van der Waals surface area contributed by atoms with Crippen LogP contribution < -0.4 is 4.74 Å². The molecule has 0 aliphatic heterocycles. The van der Waals surface area contributed by atoms with Crippen molar-refractivity contribution in [2.45, 2.75) is 6.42 Å². The van der Waals surface area contributed by atoms with Gasteiger partial charge >= 0.3 is 0 Å². The van der Waals surface area contributed by atoms with Gasteiger partial charge in [0.15, 0.2) is 0 Å². The van der Waals surface area contributed by atoms with E-state index in [9.17, 15) is 4.79 Å². The minimum atomic E-state index is -0.495. The standard InChI is InChI=1S/C15H13ClO2/c16-15(17)13-8-4-5-9-14(13)18-11-10-12-6-2-1-3-7-12/h1-9H,10-11H2. The van der Waals surface area contributed by atoms with Crippen LogP contribution in [0.25, 0.3) is 0 Å². The summed E-state index contributed by atoms with van der Waals surface area (Å²) in [6.07, 6.45) is 0.797. The van der Waals surface area contributed by atoms with Gasteiger partial charge in [0.2, 0.25) is 0 Å². The van der Waals surface area contributed by atoms with E-state index in [1.54, 1.807) is 18.2 Å². The Hall–Kier alpha value is -1.80. The van der Waals surface area contributed by atoms with E-state index in [0.717, 1.165) is 6.42 Å². The predicted molar refractivity (Wildman–Crippen MR) is 72.3 cm³/mol. The molecule has 3 heteroatoms. The van der Waals surface area contributed by atoms with Gasteiger partial charge in [-0.25, -0.2) is 0 Å². The molecule has 0 aliphatic carbocycles. The second-order valence-electron chi connectivity index (χ2n) is 3.85. The molecule has 92 valence electrons. The lowest BCUT2D eigenvalue weighted by atomic mass is 10.2. The van der Waals surface area contributed by atoms with Crippen molar-refractivity contribution in [3.05, 3.63) is 65.7 Å². The summed E-state index contributed by atoms with van der Waals surface area (Å²) in [5.74, 6) is 0.536. The van der Waals surface area contributed by atoms with Crippen molar-refractivity contribution < 1.29 is 9.53 Å². The Morgan fingerprint density at radius 1 is 1.00 bits per heavy atom. The van der Waals surface area contributed by atoms with Crippen LogP contribution in [-0.2, 0) is 6.42 Å². The highest BCUT2D eigenvalue weighted by atomic mass is 35.5. The summed E-state index contributed by atoms with van der Waals surface area (Å²) in [4.78, 5) is 11.2. The van der Waals surface area contributed by atoms with Gasteiger partial charge < -0.3 is 4.74 Å². The van der Waals surface area contributed by atoms with Gasteiger partial charge in [-0.3, -0.25) is 4.79 Å². The fraction of sp³-hybridized carbons (Fsp3) is 0.133. The van der Waals surface area contributed by atoms with Crippen LogP contribution in [-0.4, -0.2) is 11.8 Å². The van der Waals surface area contributed by atoms with Crippen LogP contribution in [0.5, 0.6) is 5.75 Å². The average molecular weight is 261 g/mol. The summed E-state index contributed by atoms with van der Waals surface area (Å²) in [6.45, 7) is 0.519. The molecule has 0 heterocycles. The van der Waals surface area contributed by atoms with Gasteiger partial charge in [-0.1, -0.05) is 42.5 Å². The van der Waals surface area contributed by atoms with Crippen LogP contribution >= 0.6 is 11.6 Å². The Bertz CT molecular complexity index is 523. The van der Waals surface area contributed by atoms with E-state index in [0.29, 0.717) is 17.9 Å². The molecule has 2 nitrogen and oxygen atoms in total. The first-order valence-electron chi connectivity index (χ1n) is 5.73. The third-order valence-electron chi connectivity index (χ3n) is 2.59. The third kappa shape index (κ3) is 3.34. The molecule has 0 radical (unpaired) electrons. The fourth-order valence-electron chi connectivity index (χ4n) is 1.68. The lowest BCUT2D eigenvalue weighted by Crippen LogP contribution is -2.04. The molecule has 0 spiro atoms. The highest BCUT2D eigenvalue weighted by Gasteiger charge is 2.08. The zero-order valence-electron chi connectivity index (χ0n) is 9.80. The molecule has 0 bridgehead atoms. The molecule has 0 saturated heterocycles. The lowest BCUT2D eigenvalue weighted by Gasteiger charge is -2.08. The van der Waals surface area contributed by atoms with Crippen molar-refractivity contribution in [2.75, 3.05) is 6.61 Å². The molecular weight excluding hydrogens is 248 g/mol. The van der Waals surface area contributed by atoms with Crippen molar-refractivity contribution in [3.8, 4) is 5.75 Å². The molecule has 2 rings (SSSR count). The van der Waals surface area contributed by atoms with Crippen molar-refractivity contribution in [1.82, 2.24) is 0 Å². The molecule has 2 aromatic rings. The molecule has 2 aromatic carbocycles. The highest BCUT2D eigenvalue weighted by molar-refractivity contribution is 6.68. The van der Waals surface area contributed by atoms with Crippen LogP contribution in [0.1, 0.15) is 15.9 Å². The van der Waals surface area contributed by atoms with E-state index in [4.69, 9.17) is 16.3 Å². The zero-order valence-corrected chi connectivity index (χ0v) is 10.6. The molecule has 0 aromatic heterocycles. The summed E-state index contributed by atoms with van der Waals surface area (Å²) in [6, 6.07) is 17.0. The molecule has 18 heavy (non-hydrogen) atoms. The van der Waals surface area contributed by atoms with Crippen molar-refractivity contribution in [2.24, 2.45) is 0 Å². The maximum atomic E-state index is 11.2. The van der Waals surface area contributed by atoms with Crippen molar-refractivity contribution in [3.63, 3.8) is 0 Å². The normalized spacial score (nSPS) is 10.1. The smallest absolute Gasteiger partial charge is 0.256 e. The number of hydrogen-bond donors (Lipinski definition) is 0. The first kappa shape index (κ1) is 12.7. The van der Waals surface area contributed by atoms with Crippen LogP contribution in [0, 0.1) is 0 Å². The van der Waals surface area contributed by atoms with Gasteiger partial charge in [0.25, 0.3) is 5.24 Å². The summed E-state index contributed by atoms with van der Waals surface area (Å²) >= 11 is 5.49. The van der Waals surface area contributed by atoms with Crippen LogP contribution in [0.15, 0.2) is 54.6 Å². The van der Waals surface area contributed by atoms with Gasteiger partial charge in [0, 0.05) is 6.42 Å². The zero-order chi connectivity index (χ0) is 12.8. The molecule has 0 N–H and O–H groups in total. The van der Waals surface area contributed by atoms with Gasteiger partial charge in [-0.05, 0) is 29.3 Å². The Labute approximate surface area is 111 Å². The summed E-state index contributed by atoms with van der Waals surface area (Å²) in [5, 5.41) is -0.495.